The zero-order chi connectivity index (χ0) is 11.7. The van der Waals surface area contributed by atoms with Crippen molar-refractivity contribution in [3.05, 3.63) is 43.8 Å². The smallest absolute Gasteiger partial charge is 0.0503 e. The molecule has 4 heteroatoms. The van der Waals surface area contributed by atoms with Crippen LogP contribution in [0.3, 0.4) is 0 Å². The Morgan fingerprint density at radius 3 is 2.62 bits per heavy atom. The number of hydrogen-bond donors (Lipinski definition) is 1. The van der Waals surface area contributed by atoms with Crippen molar-refractivity contribution < 1.29 is 0 Å². The van der Waals surface area contributed by atoms with Crippen molar-refractivity contribution in [1.29, 1.82) is 0 Å². The van der Waals surface area contributed by atoms with Gasteiger partial charge in [0.05, 0.1) is 5.02 Å². The molecule has 0 bridgehead atoms. The number of halogens is 2. The lowest BCUT2D eigenvalue weighted by atomic mass is 10.2. The predicted molar refractivity (Wildman–Crippen MR) is 80.1 cm³/mol. The summed E-state index contributed by atoms with van der Waals surface area (Å²) in [6.07, 6.45) is 0. The molecule has 1 atom stereocenters. The first-order valence-electron chi connectivity index (χ1n) is 4.88. The van der Waals surface area contributed by atoms with Crippen LogP contribution in [-0.4, -0.2) is 0 Å². The summed E-state index contributed by atoms with van der Waals surface area (Å²) in [4.78, 5) is 2.36. The largest absolute Gasteiger partial charge is 0.324 e. The van der Waals surface area contributed by atoms with Gasteiger partial charge in [-0.3, -0.25) is 0 Å². The van der Waals surface area contributed by atoms with Crippen LogP contribution in [0, 0.1) is 3.57 Å². The van der Waals surface area contributed by atoms with Crippen LogP contribution < -0.4 is 5.73 Å². The third kappa shape index (κ3) is 2.59. The second kappa shape index (κ2) is 5.04. The first-order chi connectivity index (χ1) is 7.58. The van der Waals surface area contributed by atoms with Gasteiger partial charge < -0.3 is 5.73 Å². The number of thiophene rings is 1. The van der Waals surface area contributed by atoms with Crippen LogP contribution in [0.25, 0.3) is 10.4 Å². The van der Waals surface area contributed by atoms with Gasteiger partial charge >= 0.3 is 0 Å². The molecule has 0 saturated carbocycles. The van der Waals surface area contributed by atoms with Gasteiger partial charge in [0.1, 0.15) is 0 Å². The summed E-state index contributed by atoms with van der Waals surface area (Å²) in [7, 11) is 0. The van der Waals surface area contributed by atoms with E-state index in [1.54, 1.807) is 11.3 Å². The summed E-state index contributed by atoms with van der Waals surface area (Å²) >= 11 is 10.2. The maximum absolute atomic E-state index is 6.22. The minimum Gasteiger partial charge on any atom is -0.324 e. The quantitative estimate of drug-likeness (QED) is 0.769. The highest BCUT2D eigenvalue weighted by molar-refractivity contribution is 14.1. The van der Waals surface area contributed by atoms with E-state index in [2.05, 4.69) is 46.9 Å². The van der Waals surface area contributed by atoms with Gasteiger partial charge in [-0.2, -0.15) is 0 Å². The molecule has 1 unspecified atom stereocenters. The Bertz CT molecular complexity index is 507. The van der Waals surface area contributed by atoms with Gasteiger partial charge in [0.15, 0.2) is 0 Å². The average molecular weight is 364 g/mol. The van der Waals surface area contributed by atoms with Crippen molar-refractivity contribution in [2.45, 2.75) is 13.0 Å². The summed E-state index contributed by atoms with van der Waals surface area (Å²) in [5.41, 5.74) is 6.93. The topological polar surface area (TPSA) is 26.0 Å². The highest BCUT2D eigenvalue weighted by Gasteiger charge is 2.09. The molecule has 0 saturated heterocycles. The second-order valence-corrected chi connectivity index (χ2v) is 6.38. The summed E-state index contributed by atoms with van der Waals surface area (Å²) in [5.74, 6) is 0. The van der Waals surface area contributed by atoms with E-state index < -0.39 is 0 Å². The molecule has 2 N–H and O–H groups in total. The Kier molecular flexibility index (Phi) is 3.89. The fourth-order valence-electron chi connectivity index (χ4n) is 1.43. The predicted octanol–water partition coefficient (Wildman–Crippen LogP) is 4.69. The molecule has 0 radical (unpaired) electrons. The van der Waals surface area contributed by atoms with Crippen LogP contribution in [0.5, 0.6) is 0 Å². The Labute approximate surface area is 118 Å². The summed E-state index contributed by atoms with van der Waals surface area (Å²) in [6.45, 7) is 1.99. The minimum absolute atomic E-state index is 0.0846. The maximum atomic E-state index is 6.22. The molecule has 1 aromatic carbocycles. The van der Waals surface area contributed by atoms with Gasteiger partial charge in [0.25, 0.3) is 0 Å². The molecule has 1 nitrogen and oxygen atoms in total. The van der Waals surface area contributed by atoms with Crippen LogP contribution in [0.4, 0.5) is 0 Å². The molecule has 0 spiro atoms. The fourth-order valence-corrected chi connectivity index (χ4v) is 3.45. The molecule has 0 aliphatic carbocycles. The maximum Gasteiger partial charge on any atom is 0.0503 e. The van der Waals surface area contributed by atoms with Gasteiger partial charge in [-0.25, -0.2) is 0 Å². The first kappa shape index (κ1) is 12.4. The van der Waals surface area contributed by atoms with Crippen LogP contribution in [0.2, 0.25) is 5.02 Å². The molecular formula is C12H11ClINS. The summed E-state index contributed by atoms with van der Waals surface area (Å²) in [6, 6.07) is 10.3. The molecular weight excluding hydrogens is 353 g/mol. The van der Waals surface area contributed by atoms with E-state index >= 15 is 0 Å². The Morgan fingerprint density at radius 2 is 2.06 bits per heavy atom. The van der Waals surface area contributed by atoms with E-state index in [9.17, 15) is 0 Å². The first-order valence-corrected chi connectivity index (χ1v) is 7.16. The van der Waals surface area contributed by atoms with Gasteiger partial charge in [0, 0.05) is 24.9 Å². The molecule has 1 heterocycles. The Hall–Kier alpha value is -0.100. The molecule has 0 fully saturated rings. The number of benzene rings is 1. The van der Waals surface area contributed by atoms with E-state index in [1.807, 2.05) is 13.0 Å². The molecule has 1 aromatic heterocycles. The minimum atomic E-state index is 0.0846. The van der Waals surface area contributed by atoms with E-state index in [0.29, 0.717) is 0 Å². The van der Waals surface area contributed by atoms with Crippen molar-refractivity contribution in [3.8, 4) is 10.4 Å². The lowest BCUT2D eigenvalue weighted by molar-refractivity contribution is 0.838. The summed E-state index contributed by atoms with van der Waals surface area (Å²) < 4.78 is 1.15. The zero-order valence-corrected chi connectivity index (χ0v) is 12.4. The fraction of sp³-hybridized carbons (Fsp3) is 0.167. The lowest BCUT2D eigenvalue weighted by Gasteiger charge is -2.02. The highest BCUT2D eigenvalue weighted by atomic mass is 127. The molecule has 0 aliphatic rings. The van der Waals surface area contributed by atoms with Gasteiger partial charge in [-0.05, 0) is 53.8 Å². The third-order valence-electron chi connectivity index (χ3n) is 2.27. The number of nitrogens with two attached hydrogens (primary N) is 1. The van der Waals surface area contributed by atoms with Crippen molar-refractivity contribution in [1.82, 2.24) is 0 Å². The third-order valence-corrected chi connectivity index (χ3v) is 4.58. The zero-order valence-electron chi connectivity index (χ0n) is 8.71. The summed E-state index contributed by atoms with van der Waals surface area (Å²) in [5, 5.41) is 0.796. The van der Waals surface area contributed by atoms with Gasteiger partial charge in [-0.1, -0.05) is 17.7 Å². The van der Waals surface area contributed by atoms with Crippen molar-refractivity contribution in [2.75, 3.05) is 0 Å². The average Bonchev–Trinajstić information content (AvgIpc) is 2.66. The molecule has 2 rings (SSSR count). The van der Waals surface area contributed by atoms with E-state index in [0.717, 1.165) is 14.2 Å². The van der Waals surface area contributed by atoms with Crippen LogP contribution in [-0.2, 0) is 0 Å². The van der Waals surface area contributed by atoms with Crippen molar-refractivity contribution in [3.63, 3.8) is 0 Å². The SMILES string of the molecule is CC(N)c1ccc(-c2ccc(I)cc2Cl)s1. The van der Waals surface area contributed by atoms with Crippen LogP contribution in [0.15, 0.2) is 30.3 Å². The Morgan fingerprint density at radius 1 is 1.31 bits per heavy atom. The molecule has 0 amide bonds. The molecule has 84 valence electrons. The molecule has 0 aliphatic heterocycles. The van der Waals surface area contributed by atoms with E-state index in [-0.39, 0.29) is 6.04 Å². The second-order valence-electron chi connectivity index (χ2n) is 3.61. The van der Waals surface area contributed by atoms with E-state index in [4.69, 9.17) is 17.3 Å². The van der Waals surface area contributed by atoms with Crippen molar-refractivity contribution >= 4 is 45.5 Å². The van der Waals surface area contributed by atoms with Gasteiger partial charge in [0.2, 0.25) is 0 Å². The number of hydrogen-bond acceptors (Lipinski definition) is 2. The Balaban J connectivity index is 2.42. The lowest BCUT2D eigenvalue weighted by Crippen LogP contribution is -2.01. The normalized spacial score (nSPS) is 12.8. The highest BCUT2D eigenvalue weighted by Crippen LogP contribution is 2.35. The van der Waals surface area contributed by atoms with Gasteiger partial charge in [-0.15, -0.1) is 11.3 Å². The van der Waals surface area contributed by atoms with Crippen LogP contribution >= 0.6 is 45.5 Å². The van der Waals surface area contributed by atoms with Crippen LogP contribution in [0.1, 0.15) is 17.8 Å². The van der Waals surface area contributed by atoms with Crippen molar-refractivity contribution in [2.24, 2.45) is 5.73 Å². The molecule has 16 heavy (non-hydrogen) atoms. The molecule has 2 aromatic rings. The number of rotatable bonds is 2. The monoisotopic (exact) mass is 363 g/mol. The van der Waals surface area contributed by atoms with E-state index in [1.165, 1.54) is 9.75 Å². The standard InChI is InChI=1S/C12H11ClINS/c1-7(15)11-4-5-12(16-11)9-3-2-8(14)6-10(9)13/h2-7H,15H2,1H3.